The SMILES string of the molecule is Cc1ccccc1CN(C)C(=O)CN1CCC[C@H]2C(=O)NC[C@H]21.I. The highest BCUT2D eigenvalue weighted by Crippen LogP contribution is 2.27. The maximum atomic E-state index is 12.6. The fourth-order valence-corrected chi connectivity index (χ4v) is 3.66. The molecule has 2 heterocycles. The lowest BCUT2D eigenvalue weighted by Crippen LogP contribution is -2.49. The molecule has 0 bridgehead atoms. The van der Waals surface area contributed by atoms with Gasteiger partial charge in [0, 0.05) is 26.2 Å². The van der Waals surface area contributed by atoms with Crippen LogP contribution in [-0.2, 0) is 16.1 Å². The second-order valence-corrected chi connectivity index (χ2v) is 6.71. The van der Waals surface area contributed by atoms with Gasteiger partial charge >= 0.3 is 0 Å². The number of fused-ring (bicyclic) bond motifs is 1. The molecule has 2 aliphatic rings. The summed E-state index contributed by atoms with van der Waals surface area (Å²) in [5.74, 6) is 0.340. The van der Waals surface area contributed by atoms with Crippen LogP contribution in [-0.4, -0.2) is 54.3 Å². The quantitative estimate of drug-likeness (QED) is 0.723. The number of halogens is 1. The van der Waals surface area contributed by atoms with Crippen molar-refractivity contribution in [3.63, 3.8) is 0 Å². The maximum absolute atomic E-state index is 12.6. The number of carbonyl (C=O) groups is 2. The number of likely N-dealkylation sites (tertiary alicyclic amines) is 1. The van der Waals surface area contributed by atoms with Gasteiger partial charge in [-0.15, -0.1) is 24.0 Å². The number of piperidine rings is 1. The molecule has 3 rings (SSSR count). The fourth-order valence-electron chi connectivity index (χ4n) is 3.66. The summed E-state index contributed by atoms with van der Waals surface area (Å²) in [6.07, 6.45) is 1.93. The van der Waals surface area contributed by atoms with Gasteiger partial charge in [-0.3, -0.25) is 14.5 Å². The molecule has 2 atom stereocenters. The number of hydrogen-bond acceptors (Lipinski definition) is 3. The molecule has 2 fully saturated rings. The minimum absolute atomic E-state index is 0. The van der Waals surface area contributed by atoms with Gasteiger partial charge in [0.1, 0.15) is 0 Å². The number of nitrogens with zero attached hydrogens (tertiary/aromatic N) is 2. The molecule has 0 radical (unpaired) electrons. The Kier molecular flexibility index (Phi) is 6.62. The van der Waals surface area contributed by atoms with E-state index < -0.39 is 0 Å². The summed E-state index contributed by atoms with van der Waals surface area (Å²) >= 11 is 0. The maximum Gasteiger partial charge on any atom is 0.236 e. The van der Waals surface area contributed by atoms with Crippen molar-refractivity contribution in [3.05, 3.63) is 35.4 Å². The van der Waals surface area contributed by atoms with E-state index in [-0.39, 0.29) is 47.8 Å². The van der Waals surface area contributed by atoms with Crippen molar-refractivity contribution in [2.24, 2.45) is 5.92 Å². The summed E-state index contributed by atoms with van der Waals surface area (Å²) in [4.78, 5) is 28.4. The normalized spacial score (nSPS) is 23.2. The number of hydrogen-bond donors (Lipinski definition) is 1. The molecule has 0 spiro atoms. The van der Waals surface area contributed by atoms with Crippen LogP contribution in [0.3, 0.4) is 0 Å². The van der Waals surface area contributed by atoms with Gasteiger partial charge in [-0.1, -0.05) is 24.3 Å². The van der Waals surface area contributed by atoms with Crippen molar-refractivity contribution in [1.82, 2.24) is 15.1 Å². The second-order valence-electron chi connectivity index (χ2n) is 6.71. The first-order valence-electron chi connectivity index (χ1n) is 8.36. The van der Waals surface area contributed by atoms with E-state index in [0.29, 0.717) is 19.6 Å². The van der Waals surface area contributed by atoms with E-state index in [1.807, 2.05) is 19.2 Å². The third-order valence-corrected chi connectivity index (χ3v) is 5.15. The number of carbonyl (C=O) groups excluding carboxylic acids is 2. The van der Waals surface area contributed by atoms with Crippen LogP contribution in [0.5, 0.6) is 0 Å². The van der Waals surface area contributed by atoms with Gasteiger partial charge in [0.25, 0.3) is 0 Å². The zero-order valence-corrected chi connectivity index (χ0v) is 16.7. The number of amides is 2. The van der Waals surface area contributed by atoms with Crippen LogP contribution >= 0.6 is 24.0 Å². The third kappa shape index (κ3) is 4.08. The van der Waals surface area contributed by atoms with Crippen LogP contribution in [0.4, 0.5) is 0 Å². The lowest BCUT2D eigenvalue weighted by atomic mass is 9.91. The molecule has 24 heavy (non-hydrogen) atoms. The number of aryl methyl sites for hydroxylation is 1. The predicted octanol–water partition coefficient (Wildman–Crippen LogP) is 1.78. The first-order valence-corrected chi connectivity index (χ1v) is 8.36. The summed E-state index contributed by atoms with van der Waals surface area (Å²) in [5, 5.41) is 2.94. The molecule has 1 aromatic rings. The van der Waals surface area contributed by atoms with Gasteiger partial charge < -0.3 is 10.2 Å². The van der Waals surface area contributed by atoms with E-state index in [2.05, 4.69) is 29.3 Å². The van der Waals surface area contributed by atoms with Crippen molar-refractivity contribution in [1.29, 1.82) is 0 Å². The summed E-state index contributed by atoms with van der Waals surface area (Å²) in [5.41, 5.74) is 2.38. The Hall–Kier alpha value is -1.15. The Bertz CT molecular complexity index is 608. The van der Waals surface area contributed by atoms with Crippen LogP contribution in [0.2, 0.25) is 0 Å². The molecule has 0 aromatic heterocycles. The summed E-state index contributed by atoms with van der Waals surface area (Å²) in [6, 6.07) is 8.34. The predicted molar refractivity (Wildman–Crippen MR) is 104 cm³/mol. The van der Waals surface area contributed by atoms with Crippen molar-refractivity contribution in [3.8, 4) is 0 Å². The average molecular weight is 443 g/mol. The molecule has 132 valence electrons. The molecule has 0 saturated carbocycles. The van der Waals surface area contributed by atoms with Gasteiger partial charge in [0.15, 0.2) is 0 Å². The fraction of sp³-hybridized carbons (Fsp3) is 0.556. The molecule has 1 N–H and O–H groups in total. The van der Waals surface area contributed by atoms with Crippen LogP contribution in [0.1, 0.15) is 24.0 Å². The van der Waals surface area contributed by atoms with Gasteiger partial charge in [-0.2, -0.15) is 0 Å². The molecule has 2 saturated heterocycles. The van der Waals surface area contributed by atoms with E-state index >= 15 is 0 Å². The van der Waals surface area contributed by atoms with Crippen molar-refractivity contribution < 1.29 is 9.59 Å². The van der Waals surface area contributed by atoms with E-state index in [0.717, 1.165) is 19.4 Å². The number of benzene rings is 1. The first-order chi connectivity index (χ1) is 11.1. The topological polar surface area (TPSA) is 52.7 Å². The Morgan fingerprint density at radius 3 is 2.88 bits per heavy atom. The summed E-state index contributed by atoms with van der Waals surface area (Å²) in [6.45, 7) is 4.68. The van der Waals surface area contributed by atoms with Crippen LogP contribution < -0.4 is 5.32 Å². The smallest absolute Gasteiger partial charge is 0.236 e. The van der Waals surface area contributed by atoms with Crippen LogP contribution in [0, 0.1) is 12.8 Å². The van der Waals surface area contributed by atoms with Crippen molar-refractivity contribution in [2.75, 3.05) is 26.7 Å². The monoisotopic (exact) mass is 443 g/mol. The molecule has 0 unspecified atom stereocenters. The van der Waals surface area contributed by atoms with Crippen molar-refractivity contribution in [2.45, 2.75) is 32.4 Å². The van der Waals surface area contributed by atoms with Gasteiger partial charge in [0.05, 0.1) is 12.5 Å². The minimum atomic E-state index is 0. The van der Waals surface area contributed by atoms with E-state index in [1.165, 1.54) is 11.1 Å². The Morgan fingerprint density at radius 2 is 2.12 bits per heavy atom. The number of nitrogens with one attached hydrogen (secondary N) is 1. The lowest BCUT2D eigenvalue weighted by molar-refractivity contribution is -0.134. The minimum Gasteiger partial charge on any atom is -0.354 e. The number of rotatable bonds is 4. The van der Waals surface area contributed by atoms with Gasteiger partial charge in [-0.25, -0.2) is 0 Å². The van der Waals surface area contributed by atoms with Crippen molar-refractivity contribution >= 4 is 35.8 Å². The first kappa shape index (κ1) is 19.2. The standard InChI is InChI=1S/C18H25N3O2.HI/c1-13-6-3-4-7-14(13)11-20(2)17(22)12-21-9-5-8-15-16(21)10-19-18(15)23;/h3-4,6-7,15-16H,5,8-12H2,1-2H3,(H,19,23);1H/t15-,16-;/m1./s1. The van der Waals surface area contributed by atoms with E-state index in [9.17, 15) is 9.59 Å². The van der Waals surface area contributed by atoms with Gasteiger partial charge in [-0.05, 0) is 37.4 Å². The number of likely N-dealkylation sites (N-methyl/N-ethyl adjacent to an activating group) is 1. The largest absolute Gasteiger partial charge is 0.354 e. The van der Waals surface area contributed by atoms with Gasteiger partial charge in [0.2, 0.25) is 11.8 Å². The molecule has 1 aromatic carbocycles. The third-order valence-electron chi connectivity index (χ3n) is 5.15. The average Bonchev–Trinajstić information content (AvgIpc) is 2.92. The lowest BCUT2D eigenvalue weighted by Gasteiger charge is -2.36. The second kappa shape index (κ2) is 8.29. The highest BCUT2D eigenvalue weighted by atomic mass is 127. The summed E-state index contributed by atoms with van der Waals surface area (Å²) in [7, 11) is 1.86. The van der Waals surface area contributed by atoms with Crippen LogP contribution in [0.15, 0.2) is 24.3 Å². The molecular formula is C18H26IN3O2. The Balaban J connectivity index is 0.00000208. The molecule has 5 nitrogen and oxygen atoms in total. The summed E-state index contributed by atoms with van der Waals surface area (Å²) < 4.78 is 0. The van der Waals surface area contributed by atoms with E-state index in [4.69, 9.17) is 0 Å². The zero-order chi connectivity index (χ0) is 16.4. The Labute approximate surface area is 160 Å². The van der Waals surface area contributed by atoms with E-state index in [1.54, 1.807) is 4.90 Å². The molecular weight excluding hydrogens is 417 g/mol. The van der Waals surface area contributed by atoms with Crippen LogP contribution in [0.25, 0.3) is 0 Å². The zero-order valence-electron chi connectivity index (χ0n) is 14.3. The molecule has 2 amide bonds. The highest BCUT2D eigenvalue weighted by molar-refractivity contribution is 14.0. The highest BCUT2D eigenvalue weighted by Gasteiger charge is 2.41. The molecule has 0 aliphatic carbocycles. The molecule has 6 heteroatoms. The Morgan fingerprint density at radius 1 is 1.38 bits per heavy atom. The molecule has 2 aliphatic heterocycles.